The van der Waals surface area contributed by atoms with E-state index in [2.05, 4.69) is 5.32 Å². The van der Waals surface area contributed by atoms with Crippen LogP contribution in [-0.2, 0) is 15.5 Å². The van der Waals surface area contributed by atoms with Gasteiger partial charge in [0.2, 0.25) is 0 Å². The Kier molecular flexibility index (Phi) is 4.52. The van der Waals surface area contributed by atoms with Gasteiger partial charge in [-0.05, 0) is 30.7 Å². The molecule has 0 amide bonds. The van der Waals surface area contributed by atoms with Crippen LogP contribution in [0.1, 0.15) is 26.3 Å². The van der Waals surface area contributed by atoms with Crippen molar-refractivity contribution in [1.82, 2.24) is 0 Å². The molecule has 1 atom stereocenters. The van der Waals surface area contributed by atoms with E-state index in [1.54, 1.807) is 12.1 Å². The van der Waals surface area contributed by atoms with E-state index in [1.807, 2.05) is 20.8 Å². The first-order valence-electron chi connectivity index (χ1n) is 5.11. The first kappa shape index (κ1) is 15.6. The van der Waals surface area contributed by atoms with Crippen LogP contribution in [0.4, 0.5) is 5.69 Å². The fraction of sp³-hybridized carbons (Fsp3) is 0.455. The summed E-state index contributed by atoms with van der Waals surface area (Å²) in [6.07, 6.45) is 0. The van der Waals surface area contributed by atoms with Crippen LogP contribution in [-0.4, -0.2) is 70.4 Å². The van der Waals surface area contributed by atoms with Gasteiger partial charge >= 0.3 is 51.4 Å². The van der Waals surface area contributed by atoms with Crippen LogP contribution >= 0.6 is 0 Å². The molecule has 1 unspecified atom stereocenters. The van der Waals surface area contributed by atoms with Gasteiger partial charge in [0.05, 0.1) is 4.90 Å². The number of anilines is 1. The van der Waals surface area contributed by atoms with Crippen LogP contribution in [0.3, 0.4) is 0 Å². The average molecular weight is 281 g/mol. The number of benzene rings is 1. The Morgan fingerprint density at radius 3 is 2.47 bits per heavy atom. The van der Waals surface area contributed by atoms with Gasteiger partial charge in [0, 0.05) is 17.1 Å². The molecule has 0 fully saturated rings. The van der Waals surface area contributed by atoms with E-state index in [0.29, 0.717) is 0 Å². The zero-order chi connectivity index (χ0) is 12.1. The summed E-state index contributed by atoms with van der Waals surface area (Å²) in [4.78, 5) is -0.0461. The average Bonchev–Trinajstić information content (AvgIpc) is 2.37. The number of hydrogen-bond acceptors (Lipinski definition) is 3. The van der Waals surface area contributed by atoms with Crippen LogP contribution in [0.15, 0.2) is 23.1 Å². The standard InChI is InChI=1S/C11H15NO3S.K.H/c1-7-11(2,3)9-6-8(16(13,14)15)4-5-10(9)12-7;;/h4-7,12H,1-3H3,(H,13,14,15);;. The van der Waals surface area contributed by atoms with Crippen molar-refractivity contribution in [2.24, 2.45) is 0 Å². The first-order valence-corrected chi connectivity index (χ1v) is 6.55. The molecule has 0 bridgehead atoms. The summed E-state index contributed by atoms with van der Waals surface area (Å²) in [6, 6.07) is 4.89. The van der Waals surface area contributed by atoms with Crippen molar-refractivity contribution in [2.75, 3.05) is 5.32 Å². The maximum atomic E-state index is 11.1. The molecule has 0 aliphatic carbocycles. The molecule has 1 aliphatic rings. The van der Waals surface area contributed by atoms with Gasteiger partial charge < -0.3 is 5.32 Å². The Bertz CT molecular complexity index is 540. The zero-order valence-corrected chi connectivity index (χ0v) is 10.3. The summed E-state index contributed by atoms with van der Waals surface area (Å²) in [7, 11) is -4.12. The Morgan fingerprint density at radius 2 is 1.94 bits per heavy atom. The summed E-state index contributed by atoms with van der Waals surface area (Å²) in [5, 5.41) is 3.29. The van der Waals surface area contributed by atoms with Crippen LogP contribution in [0.2, 0.25) is 0 Å². The van der Waals surface area contributed by atoms with Crippen LogP contribution < -0.4 is 5.32 Å². The minimum absolute atomic E-state index is 0. The monoisotopic (exact) mass is 281 g/mol. The first-order chi connectivity index (χ1) is 7.23. The van der Waals surface area contributed by atoms with Gasteiger partial charge in [-0.25, -0.2) is 0 Å². The fourth-order valence-electron chi connectivity index (χ4n) is 1.99. The predicted molar refractivity (Wildman–Crippen MR) is 69.5 cm³/mol. The van der Waals surface area contributed by atoms with Gasteiger partial charge in [-0.2, -0.15) is 8.42 Å². The second kappa shape index (κ2) is 4.92. The van der Waals surface area contributed by atoms with Crippen molar-refractivity contribution in [3.05, 3.63) is 23.8 Å². The van der Waals surface area contributed by atoms with Crippen molar-refractivity contribution >= 4 is 67.2 Å². The van der Waals surface area contributed by atoms with E-state index < -0.39 is 10.1 Å². The third kappa shape index (κ3) is 2.78. The molecule has 0 radical (unpaired) electrons. The Hall–Kier alpha value is 0.566. The topological polar surface area (TPSA) is 66.4 Å². The third-order valence-electron chi connectivity index (χ3n) is 3.44. The van der Waals surface area contributed by atoms with Gasteiger partial charge in [-0.15, -0.1) is 0 Å². The Balaban J connectivity index is 0.00000144. The van der Waals surface area contributed by atoms with Crippen LogP contribution in [0.5, 0.6) is 0 Å². The summed E-state index contributed by atoms with van der Waals surface area (Å²) in [5.74, 6) is 0. The number of nitrogens with one attached hydrogen (secondary N) is 1. The van der Waals surface area contributed by atoms with Crippen molar-refractivity contribution in [3.63, 3.8) is 0 Å². The molecule has 0 saturated carbocycles. The molecule has 6 heteroatoms. The van der Waals surface area contributed by atoms with Crippen LogP contribution in [0.25, 0.3) is 0 Å². The minimum atomic E-state index is -4.12. The van der Waals surface area contributed by atoms with E-state index in [-0.39, 0.29) is 67.7 Å². The summed E-state index contributed by atoms with van der Waals surface area (Å²) >= 11 is 0. The number of hydrogen-bond donors (Lipinski definition) is 2. The van der Waals surface area contributed by atoms with E-state index in [9.17, 15) is 8.42 Å². The van der Waals surface area contributed by atoms with E-state index >= 15 is 0 Å². The van der Waals surface area contributed by atoms with Crippen molar-refractivity contribution in [1.29, 1.82) is 0 Å². The van der Waals surface area contributed by atoms with Crippen molar-refractivity contribution < 1.29 is 13.0 Å². The summed E-state index contributed by atoms with van der Waals surface area (Å²) in [6.45, 7) is 6.14. The van der Waals surface area contributed by atoms with Gasteiger partial charge in [-0.3, -0.25) is 4.55 Å². The normalized spacial score (nSPS) is 21.3. The molecule has 0 saturated heterocycles. The van der Waals surface area contributed by atoms with Crippen molar-refractivity contribution in [2.45, 2.75) is 37.1 Å². The molecule has 1 aliphatic heterocycles. The van der Waals surface area contributed by atoms with E-state index in [4.69, 9.17) is 4.55 Å². The molecule has 0 aromatic heterocycles. The molecule has 90 valence electrons. The van der Waals surface area contributed by atoms with Gasteiger partial charge in [0.1, 0.15) is 0 Å². The molecule has 1 heterocycles. The second-order valence-corrected chi connectivity index (χ2v) is 6.19. The zero-order valence-electron chi connectivity index (χ0n) is 9.48. The molecule has 1 aromatic carbocycles. The number of fused-ring (bicyclic) bond motifs is 1. The third-order valence-corrected chi connectivity index (χ3v) is 4.29. The van der Waals surface area contributed by atoms with Gasteiger partial charge in [-0.1, -0.05) is 13.8 Å². The fourth-order valence-corrected chi connectivity index (χ4v) is 2.50. The van der Waals surface area contributed by atoms with Gasteiger partial charge in [0.15, 0.2) is 0 Å². The predicted octanol–water partition coefficient (Wildman–Crippen LogP) is 1.38. The molecular formula is C11H16KNO3S. The molecule has 0 spiro atoms. The maximum absolute atomic E-state index is 11.1. The number of rotatable bonds is 1. The van der Waals surface area contributed by atoms with Gasteiger partial charge in [0.25, 0.3) is 10.1 Å². The molecule has 2 N–H and O–H groups in total. The summed E-state index contributed by atoms with van der Waals surface area (Å²) < 4.78 is 31.1. The molecular weight excluding hydrogens is 265 g/mol. The SMILES string of the molecule is CC1Nc2ccc(S(=O)(=O)O)cc2C1(C)C.[KH]. The molecule has 2 rings (SSSR count). The molecule has 4 nitrogen and oxygen atoms in total. The molecule has 1 aromatic rings. The quantitative estimate of drug-likeness (QED) is 0.603. The Labute approximate surface area is 144 Å². The second-order valence-electron chi connectivity index (χ2n) is 4.77. The summed E-state index contributed by atoms with van der Waals surface area (Å²) in [5.41, 5.74) is 1.72. The van der Waals surface area contributed by atoms with E-state index in [0.717, 1.165) is 11.3 Å². The van der Waals surface area contributed by atoms with Crippen molar-refractivity contribution in [3.8, 4) is 0 Å². The Morgan fingerprint density at radius 1 is 1.35 bits per heavy atom. The molecule has 17 heavy (non-hydrogen) atoms. The van der Waals surface area contributed by atoms with E-state index in [1.165, 1.54) is 6.07 Å². The van der Waals surface area contributed by atoms with Crippen LogP contribution in [0, 0.1) is 0 Å².